The van der Waals surface area contributed by atoms with Crippen LogP contribution >= 0.6 is 0 Å². The van der Waals surface area contributed by atoms with Gasteiger partial charge in [-0.15, -0.1) is 0 Å². The number of nitrogens with one attached hydrogen (secondary N) is 2. The van der Waals surface area contributed by atoms with Crippen LogP contribution in [-0.2, 0) is 4.74 Å². The van der Waals surface area contributed by atoms with Gasteiger partial charge >= 0.3 is 0 Å². The summed E-state index contributed by atoms with van der Waals surface area (Å²) < 4.78 is 5.85. The van der Waals surface area contributed by atoms with Gasteiger partial charge in [-0.1, -0.05) is 27.7 Å². The average Bonchev–Trinajstić information content (AvgIpc) is 2.28. The van der Waals surface area contributed by atoms with E-state index in [2.05, 4.69) is 38.3 Å². The molecule has 0 aromatic rings. The van der Waals surface area contributed by atoms with Gasteiger partial charge in [-0.3, -0.25) is 0 Å². The molecule has 17 heavy (non-hydrogen) atoms. The van der Waals surface area contributed by atoms with Crippen LogP contribution in [0.4, 0.5) is 0 Å². The molecule has 2 N–H and O–H groups in total. The van der Waals surface area contributed by atoms with Gasteiger partial charge in [0.05, 0.1) is 12.7 Å². The van der Waals surface area contributed by atoms with E-state index in [4.69, 9.17) is 4.74 Å². The van der Waals surface area contributed by atoms with Crippen molar-refractivity contribution in [2.45, 2.75) is 46.6 Å². The van der Waals surface area contributed by atoms with Crippen LogP contribution in [0.3, 0.4) is 0 Å². The Labute approximate surface area is 107 Å². The van der Waals surface area contributed by atoms with Gasteiger partial charge in [0, 0.05) is 6.54 Å². The fraction of sp³-hybridized carbons (Fsp3) is 1.00. The molecule has 1 unspecified atom stereocenters. The highest BCUT2D eigenvalue weighted by atomic mass is 16.5. The van der Waals surface area contributed by atoms with Crippen molar-refractivity contribution in [2.75, 3.05) is 32.8 Å². The topological polar surface area (TPSA) is 33.3 Å². The molecule has 0 amide bonds. The largest absolute Gasteiger partial charge is 0.377 e. The van der Waals surface area contributed by atoms with Crippen molar-refractivity contribution in [1.29, 1.82) is 0 Å². The summed E-state index contributed by atoms with van der Waals surface area (Å²) in [5, 5.41) is 6.84. The molecule has 0 spiro atoms. The quantitative estimate of drug-likeness (QED) is 0.699. The van der Waals surface area contributed by atoms with Gasteiger partial charge < -0.3 is 15.4 Å². The first-order chi connectivity index (χ1) is 8.00. The minimum absolute atomic E-state index is 0.392. The normalized spacial score (nSPS) is 20.5. The summed E-state index contributed by atoms with van der Waals surface area (Å²) >= 11 is 0. The summed E-state index contributed by atoms with van der Waals surface area (Å²) in [6, 6.07) is 0. The maximum Gasteiger partial charge on any atom is 0.0600 e. The molecule has 0 aliphatic carbocycles. The van der Waals surface area contributed by atoms with Gasteiger partial charge in [-0.05, 0) is 43.8 Å². The van der Waals surface area contributed by atoms with E-state index in [-0.39, 0.29) is 0 Å². The first-order valence-electron chi connectivity index (χ1n) is 7.03. The molecule has 3 heteroatoms. The Morgan fingerprint density at radius 1 is 1.29 bits per heavy atom. The van der Waals surface area contributed by atoms with Crippen LogP contribution in [0.2, 0.25) is 0 Å². The minimum Gasteiger partial charge on any atom is -0.377 e. The van der Waals surface area contributed by atoms with E-state index in [0.717, 1.165) is 32.8 Å². The second-order valence-corrected chi connectivity index (χ2v) is 6.29. The van der Waals surface area contributed by atoms with Crippen LogP contribution in [0, 0.1) is 11.3 Å². The van der Waals surface area contributed by atoms with Crippen molar-refractivity contribution in [3.05, 3.63) is 0 Å². The Balaban J connectivity index is 1.97. The van der Waals surface area contributed by atoms with E-state index in [1.165, 1.54) is 12.8 Å². The van der Waals surface area contributed by atoms with Crippen LogP contribution in [0.1, 0.15) is 40.5 Å². The molecule has 1 aliphatic rings. The lowest BCUT2D eigenvalue weighted by Gasteiger charge is -2.27. The summed E-state index contributed by atoms with van der Waals surface area (Å²) in [5.41, 5.74) is 0.392. The number of hydrogen-bond acceptors (Lipinski definition) is 3. The second kappa shape index (κ2) is 7.34. The monoisotopic (exact) mass is 242 g/mol. The molecule has 0 radical (unpaired) electrons. The fourth-order valence-electron chi connectivity index (χ4n) is 1.88. The van der Waals surface area contributed by atoms with E-state index < -0.39 is 0 Å². The third-order valence-electron chi connectivity index (χ3n) is 3.85. The molecule has 1 saturated heterocycles. The molecule has 1 fully saturated rings. The Hall–Kier alpha value is -0.120. The van der Waals surface area contributed by atoms with Gasteiger partial charge in [0.25, 0.3) is 0 Å². The minimum atomic E-state index is 0.392. The molecule has 3 nitrogen and oxygen atoms in total. The van der Waals surface area contributed by atoms with Crippen LogP contribution in [0.5, 0.6) is 0 Å². The van der Waals surface area contributed by atoms with Crippen molar-refractivity contribution in [3.63, 3.8) is 0 Å². The number of piperidine rings is 1. The summed E-state index contributed by atoms with van der Waals surface area (Å²) in [5.74, 6) is 0.696. The third kappa shape index (κ3) is 6.39. The SMILES string of the molecule is CC(CNCCOC1CCNCC1)C(C)(C)C. The smallest absolute Gasteiger partial charge is 0.0600 e. The standard InChI is InChI=1S/C14H30N2O/c1-12(14(2,3)4)11-16-9-10-17-13-5-7-15-8-6-13/h12-13,15-16H,5-11H2,1-4H3. The van der Waals surface area contributed by atoms with Gasteiger partial charge in [-0.2, -0.15) is 0 Å². The van der Waals surface area contributed by atoms with Crippen molar-refractivity contribution in [3.8, 4) is 0 Å². The molecule has 1 heterocycles. The highest BCUT2D eigenvalue weighted by Crippen LogP contribution is 2.24. The number of hydrogen-bond donors (Lipinski definition) is 2. The predicted molar refractivity (Wildman–Crippen MR) is 73.3 cm³/mol. The molecule has 102 valence electrons. The molecular weight excluding hydrogens is 212 g/mol. The van der Waals surface area contributed by atoms with E-state index in [1.54, 1.807) is 0 Å². The Kier molecular flexibility index (Phi) is 6.45. The maximum absolute atomic E-state index is 5.85. The van der Waals surface area contributed by atoms with E-state index in [9.17, 15) is 0 Å². The highest BCUT2D eigenvalue weighted by molar-refractivity contribution is 4.72. The van der Waals surface area contributed by atoms with Crippen molar-refractivity contribution in [1.82, 2.24) is 10.6 Å². The van der Waals surface area contributed by atoms with Gasteiger partial charge in [0.15, 0.2) is 0 Å². The lowest BCUT2D eigenvalue weighted by atomic mass is 9.82. The summed E-state index contributed by atoms with van der Waals surface area (Å²) in [6.07, 6.45) is 2.81. The van der Waals surface area contributed by atoms with Crippen LogP contribution in [0.25, 0.3) is 0 Å². The third-order valence-corrected chi connectivity index (χ3v) is 3.85. The predicted octanol–water partition coefficient (Wildman–Crippen LogP) is 2.03. The van der Waals surface area contributed by atoms with Crippen LogP contribution in [-0.4, -0.2) is 38.9 Å². The Morgan fingerprint density at radius 3 is 2.53 bits per heavy atom. The first kappa shape index (κ1) is 14.9. The molecule has 0 aromatic heterocycles. The van der Waals surface area contributed by atoms with Gasteiger partial charge in [-0.25, -0.2) is 0 Å². The lowest BCUT2D eigenvalue weighted by molar-refractivity contribution is 0.0341. The van der Waals surface area contributed by atoms with E-state index >= 15 is 0 Å². The number of rotatable bonds is 6. The summed E-state index contributed by atoms with van der Waals surface area (Å²) in [7, 11) is 0. The molecule has 1 atom stereocenters. The van der Waals surface area contributed by atoms with E-state index in [1.807, 2.05) is 0 Å². The van der Waals surface area contributed by atoms with Crippen LogP contribution < -0.4 is 10.6 Å². The Bertz CT molecular complexity index is 195. The fourth-order valence-corrected chi connectivity index (χ4v) is 1.88. The molecule has 1 aliphatic heterocycles. The van der Waals surface area contributed by atoms with Crippen LogP contribution in [0.15, 0.2) is 0 Å². The summed E-state index contributed by atoms with van der Waals surface area (Å²) in [4.78, 5) is 0. The highest BCUT2D eigenvalue weighted by Gasteiger charge is 2.19. The Morgan fingerprint density at radius 2 is 1.94 bits per heavy atom. The summed E-state index contributed by atoms with van der Waals surface area (Å²) in [6.45, 7) is 14.3. The molecule has 0 aromatic carbocycles. The molecule has 0 bridgehead atoms. The van der Waals surface area contributed by atoms with E-state index in [0.29, 0.717) is 17.4 Å². The number of ether oxygens (including phenoxy) is 1. The van der Waals surface area contributed by atoms with Crippen molar-refractivity contribution >= 4 is 0 Å². The second-order valence-electron chi connectivity index (χ2n) is 6.29. The van der Waals surface area contributed by atoms with Crippen molar-refractivity contribution < 1.29 is 4.74 Å². The zero-order chi connectivity index (χ0) is 12.7. The van der Waals surface area contributed by atoms with Gasteiger partial charge in [0.1, 0.15) is 0 Å². The van der Waals surface area contributed by atoms with Crippen molar-refractivity contribution in [2.24, 2.45) is 11.3 Å². The molecule has 1 rings (SSSR count). The lowest BCUT2D eigenvalue weighted by Crippen LogP contribution is -2.35. The maximum atomic E-state index is 5.85. The zero-order valence-electron chi connectivity index (χ0n) is 12.0. The first-order valence-corrected chi connectivity index (χ1v) is 7.03. The zero-order valence-corrected chi connectivity index (χ0v) is 12.0. The average molecular weight is 242 g/mol. The molecule has 0 saturated carbocycles. The molecular formula is C14H30N2O. The van der Waals surface area contributed by atoms with Gasteiger partial charge in [0.2, 0.25) is 0 Å².